The van der Waals surface area contributed by atoms with Gasteiger partial charge in [-0.15, -0.1) is 5.10 Å². The Labute approximate surface area is 212 Å². The maximum atomic E-state index is 13.6. The SMILES string of the molecule is CCOC(=O)c1cn(-c2ccc(C=Cc3ccoc3)cc2)nc1N(C(=O)[C@H]1CC[C@H](C)CC1)C(C)C. The molecule has 2 heterocycles. The van der Waals surface area contributed by atoms with E-state index in [4.69, 9.17) is 14.3 Å². The van der Waals surface area contributed by atoms with Gasteiger partial charge in [-0.3, -0.25) is 9.69 Å². The average molecular weight is 490 g/mol. The summed E-state index contributed by atoms with van der Waals surface area (Å²) < 4.78 is 12.1. The van der Waals surface area contributed by atoms with Crippen LogP contribution in [0.2, 0.25) is 0 Å². The fourth-order valence-electron chi connectivity index (χ4n) is 4.64. The number of hydrogen-bond donors (Lipinski definition) is 0. The maximum Gasteiger partial charge on any atom is 0.343 e. The fraction of sp³-hybridized carbons (Fsp3) is 0.414. The molecule has 2 aromatic heterocycles. The first kappa shape index (κ1) is 25.5. The Bertz CT molecular complexity index is 1180. The van der Waals surface area contributed by atoms with Crippen molar-refractivity contribution in [3.63, 3.8) is 0 Å². The van der Waals surface area contributed by atoms with E-state index in [0.29, 0.717) is 17.3 Å². The largest absolute Gasteiger partial charge is 0.472 e. The Hall–Kier alpha value is -3.61. The van der Waals surface area contributed by atoms with Gasteiger partial charge in [0.2, 0.25) is 5.91 Å². The molecule has 0 N–H and O–H groups in total. The summed E-state index contributed by atoms with van der Waals surface area (Å²) >= 11 is 0. The number of benzene rings is 1. The Morgan fingerprint density at radius 1 is 1.11 bits per heavy atom. The topological polar surface area (TPSA) is 77.6 Å². The molecule has 1 amide bonds. The van der Waals surface area contributed by atoms with Gasteiger partial charge in [0.25, 0.3) is 0 Å². The number of furan rings is 1. The van der Waals surface area contributed by atoms with Gasteiger partial charge >= 0.3 is 5.97 Å². The molecule has 190 valence electrons. The molecule has 0 aliphatic heterocycles. The average Bonchev–Trinajstić information content (AvgIpc) is 3.54. The number of carbonyl (C=O) groups is 2. The van der Waals surface area contributed by atoms with Gasteiger partial charge in [0.1, 0.15) is 5.56 Å². The quantitative estimate of drug-likeness (QED) is 0.343. The summed E-state index contributed by atoms with van der Waals surface area (Å²) in [5, 5.41) is 4.74. The van der Waals surface area contributed by atoms with Gasteiger partial charge in [0.15, 0.2) is 5.82 Å². The minimum Gasteiger partial charge on any atom is -0.472 e. The molecule has 7 nitrogen and oxygen atoms in total. The number of hydrogen-bond acceptors (Lipinski definition) is 5. The number of anilines is 1. The second kappa shape index (κ2) is 11.4. The van der Waals surface area contributed by atoms with Gasteiger partial charge < -0.3 is 9.15 Å². The van der Waals surface area contributed by atoms with E-state index in [-0.39, 0.29) is 24.5 Å². The van der Waals surface area contributed by atoms with E-state index in [1.165, 1.54) is 0 Å². The van der Waals surface area contributed by atoms with Crippen LogP contribution >= 0.6 is 0 Å². The molecule has 1 aromatic carbocycles. The van der Waals surface area contributed by atoms with Crippen LogP contribution < -0.4 is 4.90 Å². The van der Waals surface area contributed by atoms with Crippen LogP contribution in [-0.2, 0) is 9.53 Å². The van der Waals surface area contributed by atoms with E-state index < -0.39 is 5.97 Å². The maximum absolute atomic E-state index is 13.6. The molecule has 0 radical (unpaired) electrons. The van der Waals surface area contributed by atoms with Gasteiger partial charge in [0, 0.05) is 23.7 Å². The standard InChI is InChI=1S/C29H35N3O4/c1-5-36-29(34)26-18-31(25-14-10-22(11-15-25)8-9-23-16-17-35-19-23)30-27(26)32(20(2)3)28(33)24-12-6-21(4)7-13-24/h8-11,14-21,24H,5-7,12-13H2,1-4H3/t21-,24-. The summed E-state index contributed by atoms with van der Waals surface area (Å²) in [6, 6.07) is 9.57. The van der Waals surface area contributed by atoms with E-state index in [9.17, 15) is 9.59 Å². The molecule has 1 fully saturated rings. The van der Waals surface area contributed by atoms with Crippen molar-refractivity contribution >= 4 is 29.8 Å². The van der Waals surface area contributed by atoms with Gasteiger partial charge in [0.05, 0.1) is 24.8 Å². The van der Waals surface area contributed by atoms with Gasteiger partial charge in [-0.2, -0.15) is 0 Å². The van der Waals surface area contributed by atoms with E-state index in [0.717, 1.165) is 42.5 Å². The fourth-order valence-corrected chi connectivity index (χ4v) is 4.64. The van der Waals surface area contributed by atoms with Crippen molar-refractivity contribution in [3.8, 4) is 5.69 Å². The first-order valence-electron chi connectivity index (χ1n) is 12.8. The van der Waals surface area contributed by atoms with Crippen molar-refractivity contribution in [2.24, 2.45) is 11.8 Å². The molecule has 7 heteroatoms. The molecule has 1 aliphatic rings. The molecule has 0 saturated heterocycles. The van der Waals surface area contributed by atoms with E-state index in [1.807, 2.05) is 56.3 Å². The molecule has 0 spiro atoms. The van der Waals surface area contributed by atoms with Crippen LogP contribution in [0.15, 0.2) is 53.5 Å². The van der Waals surface area contributed by atoms with Crippen molar-refractivity contribution in [1.82, 2.24) is 9.78 Å². The molecule has 0 bridgehead atoms. The summed E-state index contributed by atoms with van der Waals surface area (Å²) in [6.07, 6.45) is 12.8. The van der Waals surface area contributed by atoms with Crippen LogP contribution in [-0.4, -0.2) is 34.3 Å². The highest BCUT2D eigenvalue weighted by Gasteiger charge is 2.34. The number of ether oxygens (including phenoxy) is 1. The highest BCUT2D eigenvalue weighted by Crippen LogP contribution is 2.33. The van der Waals surface area contributed by atoms with E-state index >= 15 is 0 Å². The molecule has 0 atom stereocenters. The molecule has 1 saturated carbocycles. The van der Waals surface area contributed by atoms with Gasteiger partial charge in [-0.25, -0.2) is 9.48 Å². The summed E-state index contributed by atoms with van der Waals surface area (Å²) in [7, 11) is 0. The second-order valence-electron chi connectivity index (χ2n) is 9.77. The van der Waals surface area contributed by atoms with Crippen LogP contribution in [0.4, 0.5) is 5.82 Å². The van der Waals surface area contributed by atoms with Crippen molar-refractivity contribution < 1.29 is 18.7 Å². The predicted octanol–water partition coefficient (Wildman–Crippen LogP) is 6.38. The lowest BCUT2D eigenvalue weighted by Crippen LogP contribution is -2.43. The molecule has 4 rings (SSSR count). The summed E-state index contributed by atoms with van der Waals surface area (Å²) in [5.74, 6) is 0.510. The van der Waals surface area contributed by atoms with E-state index in [1.54, 1.807) is 35.2 Å². The monoisotopic (exact) mass is 489 g/mol. The van der Waals surface area contributed by atoms with Gasteiger partial charge in [-0.1, -0.05) is 31.2 Å². The van der Waals surface area contributed by atoms with Crippen molar-refractivity contribution in [2.45, 2.75) is 59.4 Å². The highest BCUT2D eigenvalue weighted by atomic mass is 16.5. The second-order valence-corrected chi connectivity index (χ2v) is 9.77. The first-order valence-corrected chi connectivity index (χ1v) is 12.8. The van der Waals surface area contributed by atoms with Crippen LogP contribution in [0.25, 0.3) is 17.8 Å². The van der Waals surface area contributed by atoms with Crippen molar-refractivity contribution in [2.75, 3.05) is 11.5 Å². The molecular formula is C29H35N3O4. The molecule has 0 unspecified atom stereocenters. The normalized spacial score (nSPS) is 18.0. The summed E-state index contributed by atoms with van der Waals surface area (Å²) in [4.78, 5) is 28.2. The minimum atomic E-state index is -0.478. The Morgan fingerprint density at radius 3 is 2.42 bits per heavy atom. The zero-order valence-electron chi connectivity index (χ0n) is 21.5. The lowest BCUT2D eigenvalue weighted by molar-refractivity contribution is -0.124. The van der Waals surface area contributed by atoms with Gasteiger partial charge in [-0.05, 0) is 76.1 Å². The number of carbonyl (C=O) groups excluding carboxylic acids is 2. The number of esters is 1. The molecule has 36 heavy (non-hydrogen) atoms. The lowest BCUT2D eigenvalue weighted by atomic mass is 9.82. The Balaban J connectivity index is 1.65. The third kappa shape index (κ3) is 5.78. The van der Waals surface area contributed by atoms with Crippen molar-refractivity contribution in [3.05, 3.63) is 65.7 Å². The molecular weight excluding hydrogens is 454 g/mol. The highest BCUT2D eigenvalue weighted by molar-refractivity contribution is 6.02. The van der Waals surface area contributed by atoms with Crippen LogP contribution in [0, 0.1) is 11.8 Å². The molecule has 1 aliphatic carbocycles. The summed E-state index contributed by atoms with van der Waals surface area (Å²) in [5.41, 5.74) is 3.09. The Kier molecular flexibility index (Phi) is 8.08. The van der Waals surface area contributed by atoms with E-state index in [2.05, 4.69) is 6.92 Å². The lowest BCUT2D eigenvalue weighted by Gasteiger charge is -2.32. The Morgan fingerprint density at radius 2 is 1.81 bits per heavy atom. The number of aromatic nitrogens is 2. The van der Waals surface area contributed by atoms with Crippen LogP contribution in [0.3, 0.4) is 0 Å². The smallest absolute Gasteiger partial charge is 0.343 e. The zero-order chi connectivity index (χ0) is 25.7. The third-order valence-corrected chi connectivity index (χ3v) is 6.71. The van der Waals surface area contributed by atoms with Crippen LogP contribution in [0.1, 0.15) is 74.9 Å². The molecule has 3 aromatic rings. The van der Waals surface area contributed by atoms with Crippen molar-refractivity contribution in [1.29, 1.82) is 0 Å². The summed E-state index contributed by atoms with van der Waals surface area (Å²) in [6.45, 7) is 8.17. The first-order chi connectivity index (χ1) is 17.4. The number of rotatable bonds is 8. The van der Waals surface area contributed by atoms with Crippen LogP contribution in [0.5, 0.6) is 0 Å². The zero-order valence-corrected chi connectivity index (χ0v) is 21.5. The third-order valence-electron chi connectivity index (χ3n) is 6.71. The number of amides is 1. The number of nitrogens with zero attached hydrogens (tertiary/aromatic N) is 3. The predicted molar refractivity (Wildman–Crippen MR) is 141 cm³/mol. The minimum absolute atomic E-state index is 0.0347.